The standard InChI is InChI=1S/C19H21F3N4O2S/c1-12-24-25-18(29-12)13-5-4-6-14(11-13)23-17(28)15-7-2-3-10-26(15)16(27)8-9-19(20,21)22/h4-6,11,15H,2-3,7-10H2,1H3,(H,23,28)/t15-/m0/s1. The van der Waals surface area contributed by atoms with Gasteiger partial charge >= 0.3 is 6.18 Å². The van der Waals surface area contributed by atoms with Gasteiger partial charge in [0.05, 0.1) is 6.42 Å². The van der Waals surface area contributed by atoms with Crippen LogP contribution in [0, 0.1) is 6.92 Å². The first kappa shape index (κ1) is 21.2. The highest BCUT2D eigenvalue weighted by Crippen LogP contribution is 2.27. The average Bonchev–Trinajstić information content (AvgIpc) is 3.12. The van der Waals surface area contributed by atoms with E-state index in [2.05, 4.69) is 15.5 Å². The first-order valence-corrected chi connectivity index (χ1v) is 10.1. The molecular formula is C19H21F3N4O2S. The Hall–Kier alpha value is -2.49. The van der Waals surface area contributed by atoms with Gasteiger partial charge in [0.2, 0.25) is 11.8 Å². The number of aryl methyl sites for hydroxylation is 1. The summed E-state index contributed by atoms with van der Waals surface area (Å²) >= 11 is 1.43. The number of alkyl halides is 3. The second-order valence-electron chi connectivity index (χ2n) is 6.91. The Morgan fingerprint density at radius 3 is 2.76 bits per heavy atom. The lowest BCUT2D eigenvalue weighted by atomic mass is 10.0. The van der Waals surface area contributed by atoms with Crippen LogP contribution in [0.3, 0.4) is 0 Å². The van der Waals surface area contributed by atoms with Crippen molar-refractivity contribution in [1.29, 1.82) is 0 Å². The van der Waals surface area contributed by atoms with Gasteiger partial charge in [-0.3, -0.25) is 9.59 Å². The van der Waals surface area contributed by atoms with E-state index in [1.165, 1.54) is 16.2 Å². The van der Waals surface area contributed by atoms with Crippen molar-refractivity contribution in [2.75, 3.05) is 11.9 Å². The second-order valence-corrected chi connectivity index (χ2v) is 8.09. The van der Waals surface area contributed by atoms with E-state index in [1.807, 2.05) is 13.0 Å². The van der Waals surface area contributed by atoms with Gasteiger partial charge in [0, 0.05) is 24.2 Å². The number of rotatable bonds is 5. The third-order valence-electron chi connectivity index (χ3n) is 4.65. The van der Waals surface area contributed by atoms with E-state index >= 15 is 0 Å². The number of nitrogens with zero attached hydrogens (tertiary/aromatic N) is 3. The van der Waals surface area contributed by atoms with Crippen LogP contribution in [0.4, 0.5) is 18.9 Å². The monoisotopic (exact) mass is 426 g/mol. The normalized spacial score (nSPS) is 17.2. The van der Waals surface area contributed by atoms with Gasteiger partial charge in [0.1, 0.15) is 16.1 Å². The molecule has 1 saturated heterocycles. The highest BCUT2D eigenvalue weighted by atomic mass is 32.1. The van der Waals surface area contributed by atoms with Crippen LogP contribution < -0.4 is 5.32 Å². The summed E-state index contributed by atoms with van der Waals surface area (Å²) in [6, 6.07) is 6.33. The lowest BCUT2D eigenvalue weighted by Crippen LogP contribution is -2.50. The molecule has 0 bridgehead atoms. The molecule has 29 heavy (non-hydrogen) atoms. The molecule has 0 spiro atoms. The molecule has 10 heteroatoms. The van der Waals surface area contributed by atoms with Crippen LogP contribution in [0.1, 0.15) is 37.1 Å². The molecule has 1 aliphatic heterocycles. The van der Waals surface area contributed by atoms with Gasteiger partial charge in [-0.1, -0.05) is 23.5 Å². The Bertz CT molecular complexity index is 884. The number of aromatic nitrogens is 2. The van der Waals surface area contributed by atoms with Crippen molar-refractivity contribution in [2.24, 2.45) is 0 Å². The zero-order valence-corrected chi connectivity index (χ0v) is 16.6. The van der Waals surface area contributed by atoms with Crippen LogP contribution in [-0.2, 0) is 9.59 Å². The fraction of sp³-hybridized carbons (Fsp3) is 0.474. The lowest BCUT2D eigenvalue weighted by Gasteiger charge is -2.35. The van der Waals surface area contributed by atoms with Crippen molar-refractivity contribution in [3.63, 3.8) is 0 Å². The molecule has 1 aromatic carbocycles. The summed E-state index contributed by atoms with van der Waals surface area (Å²) in [4.78, 5) is 26.3. The zero-order chi connectivity index (χ0) is 21.0. The average molecular weight is 426 g/mol. The van der Waals surface area contributed by atoms with Crippen molar-refractivity contribution < 1.29 is 22.8 Å². The topological polar surface area (TPSA) is 75.2 Å². The number of nitrogens with one attached hydrogen (secondary N) is 1. The van der Waals surface area contributed by atoms with Gasteiger partial charge in [-0.2, -0.15) is 13.2 Å². The van der Waals surface area contributed by atoms with Crippen molar-refractivity contribution in [2.45, 2.75) is 51.2 Å². The third kappa shape index (κ3) is 5.75. The maximum Gasteiger partial charge on any atom is 0.389 e. The van der Waals surface area contributed by atoms with Crippen LogP contribution in [-0.4, -0.2) is 45.7 Å². The van der Waals surface area contributed by atoms with E-state index in [-0.39, 0.29) is 0 Å². The highest BCUT2D eigenvalue weighted by molar-refractivity contribution is 7.14. The Morgan fingerprint density at radius 2 is 2.07 bits per heavy atom. The van der Waals surface area contributed by atoms with Gasteiger partial charge in [-0.05, 0) is 38.3 Å². The molecule has 1 atom stereocenters. The summed E-state index contributed by atoms with van der Waals surface area (Å²) in [5.41, 5.74) is 1.34. The number of carbonyl (C=O) groups is 2. The van der Waals surface area contributed by atoms with Gasteiger partial charge in [0.15, 0.2) is 0 Å². The summed E-state index contributed by atoms with van der Waals surface area (Å²) in [6.45, 7) is 2.14. The predicted octanol–water partition coefficient (Wildman–Crippen LogP) is 4.18. The second kappa shape index (κ2) is 8.89. The Labute approximate surface area is 170 Å². The molecule has 3 rings (SSSR count). The van der Waals surface area contributed by atoms with Crippen LogP contribution in [0.25, 0.3) is 10.6 Å². The first-order chi connectivity index (χ1) is 13.7. The molecule has 2 amide bonds. The van der Waals surface area contributed by atoms with Gasteiger partial charge in [0.25, 0.3) is 0 Å². The maximum atomic E-state index is 12.8. The molecular weight excluding hydrogens is 405 g/mol. The van der Waals surface area contributed by atoms with E-state index in [0.29, 0.717) is 25.1 Å². The van der Waals surface area contributed by atoms with E-state index in [0.717, 1.165) is 22.0 Å². The quantitative estimate of drug-likeness (QED) is 0.779. The minimum atomic E-state index is -4.40. The van der Waals surface area contributed by atoms with Gasteiger partial charge < -0.3 is 10.2 Å². The first-order valence-electron chi connectivity index (χ1n) is 9.30. The lowest BCUT2D eigenvalue weighted by molar-refractivity contribution is -0.152. The summed E-state index contributed by atoms with van der Waals surface area (Å²) < 4.78 is 37.3. The number of benzene rings is 1. The van der Waals surface area contributed by atoms with E-state index < -0.39 is 36.9 Å². The summed E-state index contributed by atoms with van der Waals surface area (Å²) in [6.07, 6.45) is -4.37. The van der Waals surface area contributed by atoms with Crippen molar-refractivity contribution in [3.8, 4) is 10.6 Å². The molecule has 0 aliphatic carbocycles. The van der Waals surface area contributed by atoms with Gasteiger partial charge in [-0.25, -0.2) is 0 Å². The SMILES string of the molecule is Cc1nnc(-c2cccc(NC(=O)[C@@H]3CCCCN3C(=O)CCC(F)(F)F)c2)s1. The summed E-state index contributed by atoms with van der Waals surface area (Å²) in [7, 11) is 0. The molecule has 1 N–H and O–H groups in total. The number of likely N-dealkylation sites (tertiary alicyclic amines) is 1. The number of halogens is 3. The molecule has 0 saturated carbocycles. The fourth-order valence-corrected chi connectivity index (χ4v) is 3.95. The van der Waals surface area contributed by atoms with Crippen molar-refractivity contribution >= 4 is 28.8 Å². The summed E-state index contributed by atoms with van der Waals surface area (Å²) in [5.74, 6) is -1.03. The molecule has 0 radical (unpaired) electrons. The third-order valence-corrected chi connectivity index (χ3v) is 5.54. The molecule has 0 unspecified atom stereocenters. The van der Waals surface area contributed by atoms with Crippen LogP contribution in [0.5, 0.6) is 0 Å². The van der Waals surface area contributed by atoms with Crippen LogP contribution in [0.15, 0.2) is 24.3 Å². The van der Waals surface area contributed by atoms with Crippen molar-refractivity contribution in [3.05, 3.63) is 29.3 Å². The largest absolute Gasteiger partial charge is 0.389 e. The predicted molar refractivity (Wildman–Crippen MR) is 103 cm³/mol. The molecule has 6 nitrogen and oxygen atoms in total. The number of carbonyl (C=O) groups excluding carboxylic acids is 2. The van der Waals surface area contributed by atoms with E-state index in [1.54, 1.807) is 18.2 Å². The number of amides is 2. The molecule has 2 heterocycles. The zero-order valence-electron chi connectivity index (χ0n) is 15.8. The van der Waals surface area contributed by atoms with E-state index in [9.17, 15) is 22.8 Å². The summed E-state index contributed by atoms with van der Waals surface area (Å²) in [5, 5.41) is 12.4. The van der Waals surface area contributed by atoms with Crippen LogP contribution in [0.2, 0.25) is 0 Å². The molecule has 1 aromatic heterocycles. The van der Waals surface area contributed by atoms with E-state index in [4.69, 9.17) is 0 Å². The minimum absolute atomic E-state index is 0.291. The maximum absolute atomic E-state index is 12.8. The smallest absolute Gasteiger partial charge is 0.331 e. The Balaban J connectivity index is 1.69. The number of anilines is 1. The molecule has 1 aliphatic rings. The number of hydrogen-bond acceptors (Lipinski definition) is 5. The minimum Gasteiger partial charge on any atom is -0.331 e. The van der Waals surface area contributed by atoms with Crippen LogP contribution >= 0.6 is 11.3 Å². The molecule has 2 aromatic rings. The fourth-order valence-electron chi connectivity index (χ4n) is 3.26. The Morgan fingerprint density at radius 1 is 1.28 bits per heavy atom. The highest BCUT2D eigenvalue weighted by Gasteiger charge is 2.34. The molecule has 156 valence electrons. The van der Waals surface area contributed by atoms with Gasteiger partial charge in [-0.15, -0.1) is 10.2 Å². The Kier molecular flexibility index (Phi) is 6.51. The number of hydrogen-bond donors (Lipinski definition) is 1. The molecule has 1 fully saturated rings. The number of piperidine rings is 1. The van der Waals surface area contributed by atoms with Crippen molar-refractivity contribution in [1.82, 2.24) is 15.1 Å².